The molecule has 0 fully saturated rings. The first-order chi connectivity index (χ1) is 8.41. The highest BCUT2D eigenvalue weighted by Crippen LogP contribution is 2.20. The Kier molecular flexibility index (Phi) is 5.09. The van der Waals surface area contributed by atoms with Crippen LogP contribution in [0.2, 0.25) is 0 Å². The zero-order valence-electron chi connectivity index (χ0n) is 10.4. The zero-order chi connectivity index (χ0) is 13.7. The molecule has 0 saturated heterocycles. The summed E-state index contributed by atoms with van der Waals surface area (Å²) in [4.78, 5) is 11.1. The number of carboxylic acids is 1. The number of allylic oxidation sites excluding steroid dienone is 2. The number of carboxylic acid groups (broad SMARTS) is 1. The van der Waals surface area contributed by atoms with Crippen molar-refractivity contribution in [2.24, 2.45) is 0 Å². The predicted octanol–water partition coefficient (Wildman–Crippen LogP) is 1.54. The Hall–Kier alpha value is -1.62. The van der Waals surface area contributed by atoms with Crippen molar-refractivity contribution < 1.29 is 19.4 Å². The summed E-state index contributed by atoms with van der Waals surface area (Å²) in [7, 11) is 0. The van der Waals surface area contributed by atoms with E-state index >= 15 is 0 Å². The minimum absolute atomic E-state index is 0.0522. The number of aliphatic hydroxyl groups is 1. The summed E-state index contributed by atoms with van der Waals surface area (Å²) in [5, 5.41) is 21.8. The fourth-order valence-electron chi connectivity index (χ4n) is 1.54. The van der Waals surface area contributed by atoms with Crippen LogP contribution in [-0.4, -0.2) is 34.5 Å². The molecule has 1 aliphatic carbocycles. The fraction of sp³-hybridized carbons (Fsp3) is 0.462. The van der Waals surface area contributed by atoms with Crippen molar-refractivity contribution in [3.05, 3.63) is 35.6 Å². The van der Waals surface area contributed by atoms with E-state index in [0.29, 0.717) is 0 Å². The summed E-state index contributed by atoms with van der Waals surface area (Å²) < 4.78 is 13.2. The maximum Gasteiger partial charge on any atom is 0.336 e. The molecule has 0 radical (unpaired) electrons. The molecule has 100 valence electrons. The number of hydrogen-bond donors (Lipinski definition) is 3. The third-order valence-corrected chi connectivity index (χ3v) is 2.47. The molecule has 0 aliphatic heterocycles. The second-order valence-electron chi connectivity index (χ2n) is 4.45. The Bertz CT molecular complexity index is 399. The number of nitrogens with one attached hydrogen (secondary N) is 1. The second-order valence-corrected chi connectivity index (χ2v) is 4.45. The monoisotopic (exact) mass is 255 g/mol. The highest BCUT2D eigenvalue weighted by molar-refractivity contribution is 5.88. The Morgan fingerprint density at radius 3 is 2.78 bits per heavy atom. The number of rotatable bonds is 5. The van der Waals surface area contributed by atoms with Crippen LogP contribution in [0, 0.1) is 0 Å². The molecule has 0 aromatic carbocycles. The van der Waals surface area contributed by atoms with E-state index in [1.54, 1.807) is 12.2 Å². The molecule has 0 saturated carbocycles. The van der Waals surface area contributed by atoms with Gasteiger partial charge in [-0.05, 0) is 25.5 Å². The number of hydrogen-bond acceptors (Lipinski definition) is 3. The van der Waals surface area contributed by atoms with Crippen molar-refractivity contribution in [1.29, 1.82) is 0 Å². The Balaban J connectivity index is 2.89. The second kappa shape index (κ2) is 6.35. The normalized spacial score (nSPS) is 21.7. The average Bonchev–Trinajstić information content (AvgIpc) is 2.28. The third-order valence-electron chi connectivity index (χ3n) is 2.47. The van der Waals surface area contributed by atoms with Gasteiger partial charge in [0.1, 0.15) is 12.3 Å². The maximum atomic E-state index is 13.2. The molecular formula is C13H18FNO3. The van der Waals surface area contributed by atoms with Gasteiger partial charge < -0.3 is 15.5 Å². The number of aliphatic hydroxyl groups excluding tert-OH is 1. The van der Waals surface area contributed by atoms with Gasteiger partial charge in [-0.3, -0.25) is 0 Å². The molecule has 3 N–H and O–H groups in total. The molecule has 4 nitrogen and oxygen atoms in total. The van der Waals surface area contributed by atoms with E-state index in [1.165, 1.54) is 12.3 Å². The van der Waals surface area contributed by atoms with Crippen LogP contribution in [0.25, 0.3) is 0 Å². The van der Waals surface area contributed by atoms with E-state index in [0.717, 1.165) is 0 Å². The van der Waals surface area contributed by atoms with E-state index in [4.69, 9.17) is 5.11 Å². The maximum absolute atomic E-state index is 13.2. The summed E-state index contributed by atoms with van der Waals surface area (Å²) >= 11 is 0. The van der Waals surface area contributed by atoms with E-state index in [1.807, 2.05) is 13.8 Å². The minimum Gasteiger partial charge on any atom is -0.478 e. The molecule has 5 heteroatoms. The summed E-state index contributed by atoms with van der Waals surface area (Å²) in [5.41, 5.74) is 0.0710. The summed E-state index contributed by atoms with van der Waals surface area (Å²) in [6.07, 6.45) is 3.39. The SMILES string of the molecule is CC(C)N/C=C(/C(=O)O)C(O)C1=C[C@@H](F)CC=C1. The lowest BCUT2D eigenvalue weighted by atomic mass is 9.96. The molecule has 1 aliphatic rings. The topological polar surface area (TPSA) is 69.6 Å². The van der Waals surface area contributed by atoms with Gasteiger partial charge in [0.05, 0.1) is 5.57 Å². The first-order valence-corrected chi connectivity index (χ1v) is 5.81. The first-order valence-electron chi connectivity index (χ1n) is 5.81. The van der Waals surface area contributed by atoms with E-state index in [2.05, 4.69) is 5.32 Å². The van der Waals surface area contributed by atoms with Crippen molar-refractivity contribution in [2.75, 3.05) is 0 Å². The van der Waals surface area contributed by atoms with Gasteiger partial charge in [-0.25, -0.2) is 9.18 Å². The lowest BCUT2D eigenvalue weighted by Crippen LogP contribution is -2.25. The smallest absolute Gasteiger partial charge is 0.336 e. The third kappa shape index (κ3) is 4.00. The predicted molar refractivity (Wildman–Crippen MR) is 66.7 cm³/mol. The molecule has 1 unspecified atom stereocenters. The molecule has 18 heavy (non-hydrogen) atoms. The molecule has 0 bridgehead atoms. The molecule has 2 atom stereocenters. The van der Waals surface area contributed by atoms with Crippen molar-refractivity contribution in [3.63, 3.8) is 0 Å². The summed E-state index contributed by atoms with van der Waals surface area (Å²) in [6, 6.07) is 0.0522. The number of alkyl halides is 1. The Morgan fingerprint density at radius 1 is 1.61 bits per heavy atom. The van der Waals surface area contributed by atoms with Crippen molar-refractivity contribution in [3.8, 4) is 0 Å². The molecule has 0 aromatic rings. The Labute approximate surface area is 106 Å². The van der Waals surface area contributed by atoms with Gasteiger partial charge in [-0.2, -0.15) is 0 Å². The van der Waals surface area contributed by atoms with Crippen LogP contribution in [0.3, 0.4) is 0 Å². The van der Waals surface area contributed by atoms with Crippen molar-refractivity contribution >= 4 is 5.97 Å². The average molecular weight is 255 g/mol. The van der Waals surface area contributed by atoms with Gasteiger partial charge in [0.15, 0.2) is 0 Å². The lowest BCUT2D eigenvalue weighted by Gasteiger charge is -2.17. The number of carbonyl (C=O) groups is 1. The minimum atomic E-state index is -1.33. The van der Waals surface area contributed by atoms with E-state index in [-0.39, 0.29) is 23.6 Å². The van der Waals surface area contributed by atoms with Crippen LogP contribution in [0.1, 0.15) is 20.3 Å². The van der Waals surface area contributed by atoms with Crippen LogP contribution >= 0.6 is 0 Å². The van der Waals surface area contributed by atoms with Gasteiger partial charge in [-0.15, -0.1) is 0 Å². The summed E-state index contributed by atoms with van der Waals surface area (Å²) in [6.45, 7) is 3.69. The zero-order valence-corrected chi connectivity index (χ0v) is 10.4. The molecule has 0 aromatic heterocycles. The standard InChI is InChI=1S/C13H18FNO3/c1-8(2)15-7-11(13(17)18)12(16)9-4-3-5-10(14)6-9/h3-4,6-8,10,12,15-16H,5H2,1-2H3,(H,17,18)/b11-7+/t10-,12?/m0/s1. The van der Waals surface area contributed by atoms with Gasteiger partial charge in [0.25, 0.3) is 0 Å². The van der Waals surface area contributed by atoms with E-state index in [9.17, 15) is 14.3 Å². The van der Waals surface area contributed by atoms with Gasteiger partial charge in [0.2, 0.25) is 0 Å². The van der Waals surface area contributed by atoms with Crippen LogP contribution in [-0.2, 0) is 4.79 Å². The van der Waals surface area contributed by atoms with Gasteiger partial charge in [-0.1, -0.05) is 12.2 Å². The molecule has 1 rings (SSSR count). The highest BCUT2D eigenvalue weighted by atomic mass is 19.1. The lowest BCUT2D eigenvalue weighted by molar-refractivity contribution is -0.133. The molecule has 0 heterocycles. The Morgan fingerprint density at radius 2 is 2.28 bits per heavy atom. The summed E-state index contributed by atoms with van der Waals surface area (Å²) in [5.74, 6) is -1.23. The first kappa shape index (κ1) is 14.4. The molecule has 0 amide bonds. The quantitative estimate of drug-likeness (QED) is 0.652. The van der Waals surface area contributed by atoms with Crippen LogP contribution in [0.15, 0.2) is 35.6 Å². The van der Waals surface area contributed by atoms with Crippen LogP contribution in [0.5, 0.6) is 0 Å². The van der Waals surface area contributed by atoms with E-state index < -0.39 is 18.2 Å². The highest BCUT2D eigenvalue weighted by Gasteiger charge is 2.23. The number of halogens is 1. The largest absolute Gasteiger partial charge is 0.478 e. The van der Waals surface area contributed by atoms with Gasteiger partial charge in [0, 0.05) is 18.7 Å². The molecule has 0 spiro atoms. The van der Waals surface area contributed by atoms with Crippen molar-refractivity contribution in [1.82, 2.24) is 5.32 Å². The van der Waals surface area contributed by atoms with Crippen molar-refractivity contribution in [2.45, 2.75) is 38.6 Å². The molecular weight excluding hydrogens is 237 g/mol. The van der Waals surface area contributed by atoms with Crippen LogP contribution < -0.4 is 5.32 Å². The van der Waals surface area contributed by atoms with Gasteiger partial charge >= 0.3 is 5.97 Å². The van der Waals surface area contributed by atoms with Crippen LogP contribution in [0.4, 0.5) is 4.39 Å². The fourth-order valence-corrected chi connectivity index (χ4v) is 1.54. The number of aliphatic carboxylic acids is 1.